The lowest BCUT2D eigenvalue weighted by Gasteiger charge is -2.24. The Morgan fingerprint density at radius 3 is 2.80 bits per heavy atom. The standard InChI is InChI=1S/C15H26N4O/c1-11(2)10-18(13-5-6-13)15(20)14-9-17-19(12(14)3)8-4-7-16/h9,11,13H,4-8,10,16H2,1-3H3. The zero-order chi connectivity index (χ0) is 14.7. The summed E-state index contributed by atoms with van der Waals surface area (Å²) in [5, 5.41) is 4.33. The number of carbonyl (C=O) groups is 1. The lowest BCUT2D eigenvalue weighted by molar-refractivity contribution is 0.0721. The first-order chi connectivity index (χ1) is 9.54. The first-order valence-corrected chi connectivity index (χ1v) is 7.58. The second-order valence-corrected chi connectivity index (χ2v) is 6.09. The highest BCUT2D eigenvalue weighted by molar-refractivity contribution is 5.95. The van der Waals surface area contributed by atoms with Crippen LogP contribution in [0, 0.1) is 12.8 Å². The maximum Gasteiger partial charge on any atom is 0.257 e. The molecule has 5 nitrogen and oxygen atoms in total. The molecule has 0 saturated heterocycles. The number of hydrogen-bond donors (Lipinski definition) is 1. The molecular formula is C15H26N4O. The van der Waals surface area contributed by atoms with E-state index in [0.29, 0.717) is 18.5 Å². The molecule has 0 radical (unpaired) electrons. The normalized spacial score (nSPS) is 14.8. The van der Waals surface area contributed by atoms with Gasteiger partial charge in [-0.25, -0.2) is 0 Å². The molecule has 1 amide bonds. The molecule has 5 heteroatoms. The fraction of sp³-hybridized carbons (Fsp3) is 0.733. The van der Waals surface area contributed by atoms with Gasteiger partial charge in [-0.15, -0.1) is 0 Å². The summed E-state index contributed by atoms with van der Waals surface area (Å²) < 4.78 is 1.89. The molecule has 0 atom stereocenters. The summed E-state index contributed by atoms with van der Waals surface area (Å²) in [6.45, 7) is 8.53. The van der Waals surface area contributed by atoms with Gasteiger partial charge in [0.25, 0.3) is 5.91 Å². The van der Waals surface area contributed by atoms with Crippen molar-refractivity contribution < 1.29 is 4.79 Å². The molecule has 1 aliphatic carbocycles. The van der Waals surface area contributed by atoms with Gasteiger partial charge in [0.1, 0.15) is 0 Å². The first kappa shape index (κ1) is 15.0. The molecule has 1 heterocycles. The van der Waals surface area contributed by atoms with E-state index in [0.717, 1.165) is 43.6 Å². The lowest BCUT2D eigenvalue weighted by atomic mass is 10.1. The van der Waals surface area contributed by atoms with Gasteiger partial charge in [-0.3, -0.25) is 9.48 Å². The number of rotatable bonds is 7. The van der Waals surface area contributed by atoms with E-state index in [1.54, 1.807) is 6.20 Å². The van der Waals surface area contributed by atoms with E-state index in [9.17, 15) is 4.79 Å². The third kappa shape index (κ3) is 3.39. The van der Waals surface area contributed by atoms with E-state index >= 15 is 0 Å². The van der Waals surface area contributed by atoms with Crippen LogP contribution in [-0.2, 0) is 6.54 Å². The van der Waals surface area contributed by atoms with Gasteiger partial charge in [0, 0.05) is 24.8 Å². The molecule has 2 rings (SSSR count). The van der Waals surface area contributed by atoms with Crippen LogP contribution < -0.4 is 5.73 Å². The predicted molar refractivity (Wildman–Crippen MR) is 79.5 cm³/mol. The zero-order valence-electron chi connectivity index (χ0n) is 12.8. The van der Waals surface area contributed by atoms with Crippen molar-refractivity contribution in [3.63, 3.8) is 0 Å². The number of aryl methyl sites for hydroxylation is 1. The van der Waals surface area contributed by atoms with Crippen LogP contribution in [0.2, 0.25) is 0 Å². The van der Waals surface area contributed by atoms with Crippen molar-refractivity contribution in [2.45, 2.75) is 52.6 Å². The van der Waals surface area contributed by atoms with Gasteiger partial charge in [-0.1, -0.05) is 13.8 Å². The van der Waals surface area contributed by atoms with Crippen molar-refractivity contribution in [3.8, 4) is 0 Å². The van der Waals surface area contributed by atoms with Crippen LogP contribution in [-0.4, -0.2) is 39.7 Å². The Kier molecular flexibility index (Phi) is 4.81. The Labute approximate surface area is 121 Å². The van der Waals surface area contributed by atoms with Crippen LogP contribution in [0.15, 0.2) is 6.20 Å². The fourth-order valence-corrected chi connectivity index (χ4v) is 2.46. The van der Waals surface area contributed by atoms with Crippen LogP contribution in [0.4, 0.5) is 0 Å². The molecule has 1 saturated carbocycles. The van der Waals surface area contributed by atoms with Crippen molar-refractivity contribution in [1.29, 1.82) is 0 Å². The quantitative estimate of drug-likeness (QED) is 0.827. The lowest BCUT2D eigenvalue weighted by Crippen LogP contribution is -2.36. The summed E-state index contributed by atoms with van der Waals surface area (Å²) in [5.41, 5.74) is 7.23. The Morgan fingerprint density at radius 1 is 1.55 bits per heavy atom. The SMILES string of the molecule is Cc1c(C(=O)N(CC(C)C)C2CC2)cnn1CCCN. The van der Waals surface area contributed by atoms with Crippen molar-refractivity contribution in [3.05, 3.63) is 17.5 Å². The third-order valence-electron chi connectivity index (χ3n) is 3.72. The molecule has 0 aromatic carbocycles. The molecule has 0 bridgehead atoms. The topological polar surface area (TPSA) is 64.2 Å². The van der Waals surface area contributed by atoms with Gasteiger partial charge in [0.05, 0.1) is 11.8 Å². The molecule has 2 N–H and O–H groups in total. The molecule has 1 aromatic rings. The Balaban J connectivity index is 2.12. The average Bonchev–Trinajstić information content (AvgIpc) is 3.17. The minimum Gasteiger partial charge on any atom is -0.335 e. The van der Waals surface area contributed by atoms with E-state index in [-0.39, 0.29) is 5.91 Å². The smallest absolute Gasteiger partial charge is 0.257 e. The number of nitrogens with zero attached hydrogens (tertiary/aromatic N) is 3. The second kappa shape index (κ2) is 6.39. The van der Waals surface area contributed by atoms with Gasteiger partial charge >= 0.3 is 0 Å². The van der Waals surface area contributed by atoms with Crippen LogP contribution >= 0.6 is 0 Å². The molecule has 112 valence electrons. The zero-order valence-corrected chi connectivity index (χ0v) is 12.8. The Morgan fingerprint density at radius 2 is 2.25 bits per heavy atom. The predicted octanol–water partition coefficient (Wildman–Crippen LogP) is 1.80. The fourth-order valence-electron chi connectivity index (χ4n) is 2.46. The third-order valence-corrected chi connectivity index (χ3v) is 3.72. The van der Waals surface area contributed by atoms with Gasteiger partial charge in [-0.2, -0.15) is 5.10 Å². The number of aromatic nitrogens is 2. The van der Waals surface area contributed by atoms with Gasteiger partial charge in [0.15, 0.2) is 0 Å². The van der Waals surface area contributed by atoms with Crippen molar-refractivity contribution in [2.75, 3.05) is 13.1 Å². The number of nitrogens with two attached hydrogens (primary N) is 1. The van der Waals surface area contributed by atoms with Crippen molar-refractivity contribution >= 4 is 5.91 Å². The van der Waals surface area contributed by atoms with Crippen molar-refractivity contribution in [2.24, 2.45) is 11.7 Å². The largest absolute Gasteiger partial charge is 0.335 e. The molecule has 20 heavy (non-hydrogen) atoms. The summed E-state index contributed by atoms with van der Waals surface area (Å²) in [7, 11) is 0. The van der Waals surface area contributed by atoms with Gasteiger partial charge in [0.2, 0.25) is 0 Å². The highest BCUT2D eigenvalue weighted by atomic mass is 16.2. The molecule has 0 spiro atoms. The van der Waals surface area contributed by atoms with Crippen LogP contribution in [0.5, 0.6) is 0 Å². The molecule has 1 fully saturated rings. The van der Waals surface area contributed by atoms with Gasteiger partial charge < -0.3 is 10.6 Å². The number of carbonyl (C=O) groups excluding carboxylic acids is 1. The highest BCUT2D eigenvalue weighted by Crippen LogP contribution is 2.29. The van der Waals surface area contributed by atoms with Crippen LogP contribution in [0.1, 0.15) is 49.2 Å². The highest BCUT2D eigenvalue weighted by Gasteiger charge is 2.34. The van der Waals surface area contributed by atoms with Crippen molar-refractivity contribution in [1.82, 2.24) is 14.7 Å². The average molecular weight is 278 g/mol. The molecule has 0 aliphatic heterocycles. The van der Waals surface area contributed by atoms with E-state index in [4.69, 9.17) is 5.73 Å². The van der Waals surface area contributed by atoms with E-state index < -0.39 is 0 Å². The van der Waals surface area contributed by atoms with E-state index in [1.807, 2.05) is 16.5 Å². The van der Waals surface area contributed by atoms with E-state index in [2.05, 4.69) is 18.9 Å². The van der Waals surface area contributed by atoms with Crippen LogP contribution in [0.25, 0.3) is 0 Å². The minimum absolute atomic E-state index is 0.137. The summed E-state index contributed by atoms with van der Waals surface area (Å²) >= 11 is 0. The summed E-state index contributed by atoms with van der Waals surface area (Å²) in [6.07, 6.45) is 4.87. The molecule has 0 unspecified atom stereocenters. The first-order valence-electron chi connectivity index (χ1n) is 7.58. The van der Waals surface area contributed by atoms with Gasteiger partial charge in [-0.05, 0) is 38.6 Å². The van der Waals surface area contributed by atoms with Crippen LogP contribution in [0.3, 0.4) is 0 Å². The Hall–Kier alpha value is -1.36. The minimum atomic E-state index is 0.137. The molecular weight excluding hydrogens is 252 g/mol. The number of hydrogen-bond acceptors (Lipinski definition) is 3. The summed E-state index contributed by atoms with van der Waals surface area (Å²) in [4.78, 5) is 14.7. The summed E-state index contributed by atoms with van der Waals surface area (Å²) in [5.74, 6) is 0.629. The number of amides is 1. The van der Waals surface area contributed by atoms with E-state index in [1.165, 1.54) is 0 Å². The molecule has 1 aromatic heterocycles. The second-order valence-electron chi connectivity index (χ2n) is 6.09. The summed E-state index contributed by atoms with van der Waals surface area (Å²) in [6, 6.07) is 0.441. The Bertz CT molecular complexity index is 462. The maximum absolute atomic E-state index is 12.7. The monoisotopic (exact) mass is 278 g/mol. The molecule has 1 aliphatic rings. The maximum atomic E-state index is 12.7.